The molecule has 1 N–H and O–H groups in total. The van der Waals surface area contributed by atoms with Gasteiger partial charge in [0.25, 0.3) is 5.91 Å². The molecule has 136 valence electrons. The summed E-state index contributed by atoms with van der Waals surface area (Å²) >= 11 is 0. The number of carbonyl (C=O) groups excluding carboxylic acids is 1. The van der Waals surface area contributed by atoms with Gasteiger partial charge in [0.1, 0.15) is 11.5 Å². The van der Waals surface area contributed by atoms with E-state index in [9.17, 15) is 4.79 Å². The highest BCUT2D eigenvalue weighted by molar-refractivity contribution is 6.01. The van der Waals surface area contributed by atoms with Gasteiger partial charge in [-0.25, -0.2) is 0 Å². The largest absolute Gasteiger partial charge is 0.462 e. The van der Waals surface area contributed by atoms with E-state index in [0.29, 0.717) is 23.9 Å². The molecule has 1 aromatic heterocycles. The Hall–Kier alpha value is -2.27. The molecule has 26 heavy (non-hydrogen) atoms. The molecule has 0 bridgehead atoms. The fraction of sp³-hybridized carbons (Fsp3) is 0.476. The summed E-state index contributed by atoms with van der Waals surface area (Å²) in [6, 6.07) is 11.8. The van der Waals surface area contributed by atoms with Crippen molar-refractivity contribution in [3.05, 3.63) is 53.5 Å². The molecule has 1 saturated carbocycles. The lowest BCUT2D eigenvalue weighted by atomic mass is 10.1. The molecule has 2 aromatic rings. The molecule has 1 saturated heterocycles. The van der Waals surface area contributed by atoms with E-state index in [1.165, 1.54) is 6.42 Å². The number of nitrogens with zero attached hydrogens (tertiary/aromatic N) is 1. The maximum atomic E-state index is 13.2. The van der Waals surface area contributed by atoms with E-state index in [4.69, 9.17) is 9.15 Å². The number of anilines is 1. The van der Waals surface area contributed by atoms with E-state index in [1.807, 2.05) is 35.2 Å². The van der Waals surface area contributed by atoms with Crippen LogP contribution in [0.5, 0.6) is 0 Å². The van der Waals surface area contributed by atoms with Crippen molar-refractivity contribution in [2.75, 3.05) is 18.5 Å². The van der Waals surface area contributed by atoms with Crippen LogP contribution in [0.1, 0.15) is 60.1 Å². The summed E-state index contributed by atoms with van der Waals surface area (Å²) in [6.07, 6.45) is 3.06. The van der Waals surface area contributed by atoms with Gasteiger partial charge >= 0.3 is 0 Å². The van der Waals surface area contributed by atoms with Gasteiger partial charge in [-0.05, 0) is 49.4 Å². The molecule has 4 atom stereocenters. The minimum absolute atomic E-state index is 0.0394. The first-order chi connectivity index (χ1) is 12.7. The van der Waals surface area contributed by atoms with Crippen LogP contribution in [0.2, 0.25) is 0 Å². The monoisotopic (exact) mass is 352 g/mol. The Morgan fingerprint density at radius 2 is 2.00 bits per heavy atom. The lowest BCUT2D eigenvalue weighted by Gasteiger charge is -2.37. The second-order valence-electron chi connectivity index (χ2n) is 7.74. The second-order valence-corrected chi connectivity index (χ2v) is 7.74. The zero-order chi connectivity index (χ0) is 17.7. The first-order valence-corrected chi connectivity index (χ1v) is 9.58. The number of para-hydroxylation sites is 1. The van der Waals surface area contributed by atoms with Gasteiger partial charge in [0, 0.05) is 24.8 Å². The molecule has 0 unspecified atom stereocenters. The van der Waals surface area contributed by atoms with Crippen LogP contribution in [0.3, 0.4) is 0 Å². The van der Waals surface area contributed by atoms with Crippen LogP contribution < -0.4 is 5.32 Å². The van der Waals surface area contributed by atoms with Crippen molar-refractivity contribution >= 4 is 11.6 Å². The zero-order valence-corrected chi connectivity index (χ0v) is 15.0. The van der Waals surface area contributed by atoms with Gasteiger partial charge in [0.15, 0.2) is 6.17 Å². The quantitative estimate of drug-likeness (QED) is 0.898. The maximum Gasteiger partial charge on any atom is 0.258 e. The lowest BCUT2D eigenvalue weighted by molar-refractivity contribution is 0.0401. The van der Waals surface area contributed by atoms with E-state index in [1.54, 1.807) is 0 Å². The van der Waals surface area contributed by atoms with Crippen LogP contribution in [0.25, 0.3) is 0 Å². The van der Waals surface area contributed by atoms with Crippen LogP contribution in [-0.2, 0) is 4.74 Å². The molecule has 1 amide bonds. The van der Waals surface area contributed by atoms with Gasteiger partial charge < -0.3 is 19.4 Å². The third kappa shape index (κ3) is 2.71. The van der Waals surface area contributed by atoms with Gasteiger partial charge in [-0.1, -0.05) is 19.1 Å². The Kier molecular flexibility index (Phi) is 3.78. The molecule has 0 spiro atoms. The number of hydrogen-bond acceptors (Lipinski definition) is 4. The van der Waals surface area contributed by atoms with Crippen molar-refractivity contribution in [2.24, 2.45) is 5.92 Å². The molecule has 5 rings (SSSR count). The number of carbonyl (C=O) groups is 1. The number of rotatable bonds is 4. The van der Waals surface area contributed by atoms with E-state index < -0.39 is 0 Å². The summed E-state index contributed by atoms with van der Waals surface area (Å²) in [5.41, 5.74) is 1.58. The summed E-state index contributed by atoms with van der Waals surface area (Å²) in [6.45, 7) is 3.61. The van der Waals surface area contributed by atoms with Gasteiger partial charge in [0.2, 0.25) is 0 Å². The molecular formula is C21H24N2O3. The third-order valence-corrected chi connectivity index (χ3v) is 5.84. The molecule has 2 fully saturated rings. The predicted octanol–water partition coefficient (Wildman–Crippen LogP) is 4.15. The smallest absolute Gasteiger partial charge is 0.258 e. The SMILES string of the molecule is C[C@@H]1C[C@@H]1c1ccc([C@@H]2Nc3ccccc3C(=O)N2C[C@H]2CCCO2)o1. The number of furan rings is 1. The number of amides is 1. The molecular weight excluding hydrogens is 328 g/mol. The summed E-state index contributed by atoms with van der Waals surface area (Å²) in [5, 5.41) is 3.51. The molecule has 5 heteroatoms. The van der Waals surface area contributed by atoms with E-state index in [0.717, 1.165) is 36.7 Å². The van der Waals surface area contributed by atoms with Crippen molar-refractivity contribution in [3.63, 3.8) is 0 Å². The number of ether oxygens (including phenoxy) is 1. The number of benzene rings is 1. The van der Waals surface area contributed by atoms with Gasteiger partial charge in [0.05, 0.1) is 11.7 Å². The summed E-state index contributed by atoms with van der Waals surface area (Å²) in [4.78, 5) is 15.1. The van der Waals surface area contributed by atoms with Crippen molar-refractivity contribution in [2.45, 2.75) is 44.4 Å². The molecule has 1 aliphatic carbocycles. The van der Waals surface area contributed by atoms with E-state index in [-0.39, 0.29) is 18.2 Å². The van der Waals surface area contributed by atoms with Crippen LogP contribution in [0, 0.1) is 5.92 Å². The molecule has 0 radical (unpaired) electrons. The Labute approximate surface area is 153 Å². The predicted molar refractivity (Wildman–Crippen MR) is 98.0 cm³/mol. The van der Waals surface area contributed by atoms with Crippen molar-refractivity contribution in [3.8, 4) is 0 Å². The van der Waals surface area contributed by atoms with E-state index >= 15 is 0 Å². The molecule has 3 heterocycles. The normalized spacial score (nSPS) is 30.2. The Morgan fingerprint density at radius 3 is 2.77 bits per heavy atom. The average molecular weight is 352 g/mol. The molecule has 3 aliphatic rings. The van der Waals surface area contributed by atoms with Crippen molar-refractivity contribution < 1.29 is 13.9 Å². The maximum absolute atomic E-state index is 13.2. The second kappa shape index (κ2) is 6.16. The summed E-state index contributed by atoms with van der Waals surface area (Å²) in [5.74, 6) is 3.11. The Bertz CT molecular complexity index is 824. The first kappa shape index (κ1) is 15.9. The number of nitrogens with one attached hydrogen (secondary N) is 1. The van der Waals surface area contributed by atoms with Crippen LogP contribution in [0.15, 0.2) is 40.8 Å². The average Bonchev–Trinajstić information content (AvgIpc) is 3.08. The highest BCUT2D eigenvalue weighted by Gasteiger charge is 2.40. The number of fused-ring (bicyclic) bond motifs is 1. The fourth-order valence-corrected chi connectivity index (χ4v) is 4.15. The standard InChI is InChI=1S/C21H24N2O3/c1-13-11-16(13)18-8-9-19(26-18)20-22-17-7-3-2-6-15(17)21(24)23(20)12-14-5-4-10-25-14/h2-3,6-9,13-14,16,20,22H,4-5,10-12H2,1H3/t13-,14-,16+,20-/m1/s1. The number of hydrogen-bond donors (Lipinski definition) is 1. The van der Waals surface area contributed by atoms with Crippen LogP contribution in [-0.4, -0.2) is 30.1 Å². The first-order valence-electron chi connectivity index (χ1n) is 9.58. The minimum atomic E-state index is -0.288. The molecule has 1 aromatic carbocycles. The summed E-state index contributed by atoms with van der Waals surface area (Å²) < 4.78 is 12.0. The highest BCUT2D eigenvalue weighted by Crippen LogP contribution is 2.48. The Morgan fingerprint density at radius 1 is 1.19 bits per heavy atom. The van der Waals surface area contributed by atoms with Gasteiger partial charge in [-0.3, -0.25) is 4.79 Å². The van der Waals surface area contributed by atoms with E-state index in [2.05, 4.69) is 18.3 Å². The van der Waals surface area contributed by atoms with Crippen molar-refractivity contribution in [1.82, 2.24) is 4.90 Å². The van der Waals surface area contributed by atoms with Gasteiger partial charge in [-0.2, -0.15) is 0 Å². The van der Waals surface area contributed by atoms with Gasteiger partial charge in [-0.15, -0.1) is 0 Å². The topological polar surface area (TPSA) is 54.7 Å². The molecule has 2 aliphatic heterocycles. The fourth-order valence-electron chi connectivity index (χ4n) is 4.15. The van der Waals surface area contributed by atoms with Crippen LogP contribution in [0.4, 0.5) is 5.69 Å². The van der Waals surface area contributed by atoms with Crippen molar-refractivity contribution in [1.29, 1.82) is 0 Å². The lowest BCUT2D eigenvalue weighted by Crippen LogP contribution is -2.46. The zero-order valence-electron chi connectivity index (χ0n) is 15.0. The molecule has 5 nitrogen and oxygen atoms in total. The third-order valence-electron chi connectivity index (χ3n) is 5.84. The summed E-state index contributed by atoms with van der Waals surface area (Å²) in [7, 11) is 0. The van der Waals surface area contributed by atoms with Crippen LogP contribution >= 0.6 is 0 Å². The minimum Gasteiger partial charge on any atom is -0.462 e. The Balaban J connectivity index is 1.47. The highest BCUT2D eigenvalue weighted by atomic mass is 16.5.